The Kier molecular flexibility index (Phi) is 65.2. The van der Waals surface area contributed by atoms with E-state index in [2.05, 4.69) is 53.7 Å². The number of phosphoric ester groups is 1. The van der Waals surface area contributed by atoms with Crippen molar-refractivity contribution in [3.05, 3.63) is 12.2 Å². The number of aliphatic hydroxyl groups is 9. The van der Waals surface area contributed by atoms with Gasteiger partial charge in [-0.05, 0) is 63.2 Å². The standard InChI is InChI=1S/C93H173O25P/c1-7-11-15-19-23-25-27-29-30-32-34-36-38-49-58-66-79(98)115-88-84(103)85(104)89(116-92-86(105)82(101)80(99)74(67-94)113-92)91(90(88)117-93-87(106)83(102)81(100)75(114-93)70-110-77(96)64-56-48-41-39-45-53-61-71(5)59-51-43-21-17-13-9-3)118-119(107,108)111-69-73(68-109-76(95)63-55-47-37-35-33-31-28-26-24-20-16-12-8-2)112-78(97)65-57-50-42-40-46-54-62-72(6)60-52-44-22-18-14-10-4/h31,33,71-75,80-94,99-106H,7-30,32,34-70H2,1-6H3,(H,107,108)/b33-31-. The molecule has 2 aliphatic heterocycles. The number of hydrogen-bond acceptors (Lipinski definition) is 24. The van der Waals surface area contributed by atoms with Crippen LogP contribution in [0.4, 0.5) is 0 Å². The van der Waals surface area contributed by atoms with Crippen LogP contribution >= 0.6 is 7.82 Å². The third kappa shape index (κ3) is 51.0. The fourth-order valence-corrected chi connectivity index (χ4v) is 17.2. The Morgan fingerprint density at radius 1 is 0.353 bits per heavy atom. The molecular weight excluding hydrogens is 1550 g/mol. The van der Waals surface area contributed by atoms with Crippen LogP contribution < -0.4 is 0 Å². The lowest BCUT2D eigenvalue weighted by atomic mass is 9.84. The van der Waals surface area contributed by atoms with Crippen molar-refractivity contribution in [3.8, 4) is 0 Å². The van der Waals surface area contributed by atoms with Gasteiger partial charge in [0.15, 0.2) is 24.8 Å². The molecular formula is C93H173O25P. The minimum Gasteiger partial charge on any atom is -0.463 e. The first kappa shape index (κ1) is 110. The van der Waals surface area contributed by atoms with E-state index in [-0.39, 0.29) is 25.7 Å². The van der Waals surface area contributed by atoms with Crippen molar-refractivity contribution in [1.29, 1.82) is 0 Å². The first-order chi connectivity index (χ1) is 57.5. The topological polar surface area (TPSA) is 380 Å². The summed E-state index contributed by atoms with van der Waals surface area (Å²) in [4.78, 5) is 66.6. The number of rotatable bonds is 77. The van der Waals surface area contributed by atoms with Crippen molar-refractivity contribution in [2.75, 3.05) is 26.4 Å². The van der Waals surface area contributed by atoms with Crippen LogP contribution in [-0.2, 0) is 70.7 Å². The monoisotopic (exact) mass is 1720 g/mol. The van der Waals surface area contributed by atoms with Gasteiger partial charge in [0.25, 0.3) is 0 Å². The summed E-state index contributed by atoms with van der Waals surface area (Å²) in [6.07, 6.45) is 26.4. The van der Waals surface area contributed by atoms with E-state index in [0.717, 1.165) is 128 Å². The van der Waals surface area contributed by atoms with Crippen LogP contribution in [0.5, 0.6) is 0 Å². The lowest BCUT2D eigenvalue weighted by Crippen LogP contribution is -2.70. The fraction of sp³-hybridized carbons (Fsp3) is 0.935. The Morgan fingerprint density at radius 2 is 0.681 bits per heavy atom. The van der Waals surface area contributed by atoms with Gasteiger partial charge in [0, 0.05) is 25.7 Å². The van der Waals surface area contributed by atoms with E-state index < -0.39 is 162 Å². The summed E-state index contributed by atoms with van der Waals surface area (Å²) in [5, 5.41) is 102. The summed E-state index contributed by atoms with van der Waals surface area (Å²) in [5.74, 6) is -1.62. The van der Waals surface area contributed by atoms with Crippen LogP contribution in [0.3, 0.4) is 0 Å². The highest BCUT2D eigenvalue weighted by Crippen LogP contribution is 2.49. The Morgan fingerprint density at radius 3 is 1.09 bits per heavy atom. The lowest BCUT2D eigenvalue weighted by molar-refractivity contribution is -0.360. The molecule has 10 N–H and O–H groups in total. The van der Waals surface area contributed by atoms with Crippen molar-refractivity contribution in [3.63, 3.8) is 0 Å². The summed E-state index contributed by atoms with van der Waals surface area (Å²) >= 11 is 0. The number of allylic oxidation sites excluding steroid dienone is 2. The first-order valence-electron chi connectivity index (χ1n) is 48.2. The normalized spacial score (nSPS) is 25.4. The molecule has 3 aliphatic rings. The van der Waals surface area contributed by atoms with Gasteiger partial charge in [-0.3, -0.25) is 28.2 Å². The molecule has 3 rings (SSSR count). The molecule has 119 heavy (non-hydrogen) atoms. The quantitative estimate of drug-likeness (QED) is 0.00889. The first-order valence-corrected chi connectivity index (χ1v) is 49.7. The second-order valence-corrected chi connectivity index (χ2v) is 36.5. The highest BCUT2D eigenvalue weighted by atomic mass is 31.2. The van der Waals surface area contributed by atoms with Gasteiger partial charge in [-0.25, -0.2) is 4.57 Å². The van der Waals surface area contributed by atoms with E-state index in [9.17, 15) is 74.6 Å². The summed E-state index contributed by atoms with van der Waals surface area (Å²) in [6.45, 7) is 10.2. The maximum Gasteiger partial charge on any atom is 0.472 e. The SMILES string of the molecule is CCCCCCCC/C=C\CCCCCC(=O)OCC(COP(=O)(O)OC1C(OC2OC(CO)C(O)C(O)C2O)C(O)C(O)C(OC(=O)CCCCCCCCCCCCCCCCC)C1OC1OC(COC(=O)CCCCCCCCC(C)CCCCCCCC)C(O)C(O)C1O)OC(=O)CCCCCCCCC(C)CCCCCCCC. The molecule has 2 heterocycles. The van der Waals surface area contributed by atoms with Gasteiger partial charge in [-0.2, -0.15) is 0 Å². The van der Waals surface area contributed by atoms with Crippen molar-refractivity contribution < 1.29 is 122 Å². The Hall–Kier alpha value is -2.79. The molecule has 2 saturated heterocycles. The Labute approximate surface area is 718 Å². The molecule has 0 aromatic heterocycles. The lowest BCUT2D eigenvalue weighted by Gasteiger charge is -2.50. The van der Waals surface area contributed by atoms with E-state index >= 15 is 0 Å². The van der Waals surface area contributed by atoms with Crippen molar-refractivity contribution >= 4 is 31.7 Å². The molecule has 0 amide bonds. The highest BCUT2D eigenvalue weighted by Gasteiger charge is 2.60. The van der Waals surface area contributed by atoms with Crippen LogP contribution in [-0.4, -0.2) is 205 Å². The number of phosphoric acid groups is 1. The van der Waals surface area contributed by atoms with Gasteiger partial charge < -0.3 is 88.7 Å². The number of hydrogen-bond donors (Lipinski definition) is 10. The average Bonchev–Trinajstić information content (AvgIpc) is 0.754. The van der Waals surface area contributed by atoms with Gasteiger partial charge >= 0.3 is 31.7 Å². The number of aliphatic hydroxyl groups excluding tert-OH is 9. The van der Waals surface area contributed by atoms with E-state index in [0.29, 0.717) is 43.9 Å². The van der Waals surface area contributed by atoms with Crippen LogP contribution in [0.1, 0.15) is 414 Å². The molecule has 0 bridgehead atoms. The molecule has 0 radical (unpaired) electrons. The minimum absolute atomic E-state index is 0.0153. The molecule has 0 aromatic carbocycles. The van der Waals surface area contributed by atoms with E-state index in [1.807, 2.05) is 0 Å². The number of unbranched alkanes of at least 4 members (excludes halogenated alkanes) is 43. The maximum absolute atomic E-state index is 14.9. The number of carbonyl (C=O) groups is 4. The van der Waals surface area contributed by atoms with Crippen molar-refractivity contribution in [1.82, 2.24) is 0 Å². The zero-order chi connectivity index (χ0) is 87.1. The molecule has 1 saturated carbocycles. The molecule has 0 aromatic rings. The summed E-state index contributed by atoms with van der Waals surface area (Å²) < 4.78 is 73.6. The van der Waals surface area contributed by atoms with E-state index in [1.54, 1.807) is 0 Å². The van der Waals surface area contributed by atoms with Gasteiger partial charge in [0.1, 0.15) is 92.6 Å². The molecule has 25 nitrogen and oxygen atoms in total. The summed E-state index contributed by atoms with van der Waals surface area (Å²) in [5.41, 5.74) is 0. The third-order valence-corrected chi connectivity index (χ3v) is 25.0. The van der Waals surface area contributed by atoms with Crippen LogP contribution in [0.15, 0.2) is 12.2 Å². The summed E-state index contributed by atoms with van der Waals surface area (Å²) in [7, 11) is -5.81. The second kappa shape index (κ2) is 70.3. The number of carbonyl (C=O) groups excluding carboxylic acids is 4. The molecule has 700 valence electrons. The fourth-order valence-electron chi connectivity index (χ4n) is 16.2. The Balaban J connectivity index is 1.93. The molecule has 1 aliphatic carbocycles. The zero-order valence-electron chi connectivity index (χ0n) is 75.0. The molecule has 20 atom stereocenters. The third-order valence-electron chi connectivity index (χ3n) is 24.1. The second-order valence-electron chi connectivity index (χ2n) is 35.1. The molecule has 0 spiro atoms. The van der Waals surface area contributed by atoms with Crippen LogP contribution in [0, 0.1) is 11.8 Å². The smallest absolute Gasteiger partial charge is 0.463 e. The van der Waals surface area contributed by atoms with Crippen LogP contribution in [0.2, 0.25) is 0 Å². The molecule has 20 unspecified atom stereocenters. The number of ether oxygens (including phenoxy) is 8. The zero-order valence-corrected chi connectivity index (χ0v) is 75.9. The maximum atomic E-state index is 14.9. The van der Waals surface area contributed by atoms with E-state index in [4.69, 9.17) is 46.9 Å². The highest BCUT2D eigenvalue weighted by molar-refractivity contribution is 7.47. The number of esters is 4. The Bertz CT molecular complexity index is 2550. The van der Waals surface area contributed by atoms with Gasteiger partial charge in [-0.1, -0.05) is 349 Å². The van der Waals surface area contributed by atoms with Gasteiger partial charge in [-0.15, -0.1) is 0 Å². The predicted octanol–water partition coefficient (Wildman–Crippen LogP) is 18.0. The molecule has 26 heteroatoms. The van der Waals surface area contributed by atoms with Gasteiger partial charge in [0.2, 0.25) is 0 Å². The van der Waals surface area contributed by atoms with E-state index in [1.165, 1.54) is 186 Å². The average molecular weight is 1720 g/mol. The van der Waals surface area contributed by atoms with Crippen molar-refractivity contribution in [2.45, 2.75) is 518 Å². The summed E-state index contributed by atoms with van der Waals surface area (Å²) in [6, 6.07) is 0. The minimum atomic E-state index is -5.81. The van der Waals surface area contributed by atoms with Crippen molar-refractivity contribution in [2.24, 2.45) is 11.8 Å². The van der Waals surface area contributed by atoms with Crippen LogP contribution in [0.25, 0.3) is 0 Å². The largest absolute Gasteiger partial charge is 0.472 e. The molecule has 3 fully saturated rings. The van der Waals surface area contributed by atoms with Gasteiger partial charge in [0.05, 0.1) is 13.2 Å². The predicted molar refractivity (Wildman–Crippen MR) is 462 cm³/mol.